The molecule has 46 heavy (non-hydrogen) atoms. The van der Waals surface area contributed by atoms with E-state index in [-0.39, 0.29) is 51.7 Å². The Kier molecular flexibility index (Phi) is 9.08. The van der Waals surface area contributed by atoms with E-state index in [0.29, 0.717) is 0 Å². The number of aromatic nitrogens is 4. The van der Waals surface area contributed by atoms with Gasteiger partial charge in [0, 0.05) is 23.4 Å². The van der Waals surface area contributed by atoms with Crippen molar-refractivity contribution in [3.63, 3.8) is 0 Å². The largest absolute Gasteiger partial charge is 0.486 e. The highest BCUT2D eigenvalue weighted by Crippen LogP contribution is 2.40. The quantitative estimate of drug-likeness (QED) is 0.163. The topological polar surface area (TPSA) is 100 Å². The molecule has 0 aliphatic carbocycles. The van der Waals surface area contributed by atoms with Crippen molar-refractivity contribution in [2.75, 3.05) is 5.32 Å². The molecule has 9 nitrogen and oxygen atoms in total. The zero-order valence-electron chi connectivity index (χ0n) is 25.0. The number of alkyl halides is 3. The van der Waals surface area contributed by atoms with Crippen molar-refractivity contribution in [3.8, 4) is 28.7 Å². The molecule has 1 unspecified atom stereocenters. The summed E-state index contributed by atoms with van der Waals surface area (Å²) >= 11 is 0. The molecule has 5 rings (SSSR count). The monoisotopic (exact) mass is 641 g/mol. The lowest BCUT2D eigenvalue weighted by molar-refractivity contribution is -0.0683. The van der Waals surface area contributed by atoms with E-state index in [2.05, 4.69) is 20.3 Å². The Morgan fingerprint density at radius 2 is 1.72 bits per heavy atom. The molecule has 0 fully saturated rings. The summed E-state index contributed by atoms with van der Waals surface area (Å²) in [6, 6.07) is 13.9. The van der Waals surface area contributed by atoms with E-state index in [4.69, 9.17) is 14.2 Å². The van der Waals surface area contributed by atoms with Gasteiger partial charge in [-0.15, -0.1) is 0 Å². The van der Waals surface area contributed by atoms with E-state index < -0.39 is 42.0 Å². The lowest BCUT2D eigenvalue weighted by Crippen LogP contribution is -2.27. The molecule has 3 heterocycles. The van der Waals surface area contributed by atoms with Crippen molar-refractivity contribution in [1.29, 1.82) is 0 Å². The van der Waals surface area contributed by atoms with Crippen LogP contribution in [-0.2, 0) is 11.3 Å². The molecule has 1 N–H and O–H groups in total. The number of carbonyl (C=O) groups is 1. The zero-order valence-corrected chi connectivity index (χ0v) is 25.0. The van der Waals surface area contributed by atoms with E-state index in [0.717, 1.165) is 24.0 Å². The predicted octanol–water partition coefficient (Wildman–Crippen LogP) is 7.93. The van der Waals surface area contributed by atoms with E-state index in [1.54, 1.807) is 20.8 Å². The average Bonchev–Trinajstić information content (AvgIpc) is 3.28. The number of aryl methyl sites for hydroxylation is 1. The van der Waals surface area contributed by atoms with Crippen molar-refractivity contribution in [3.05, 3.63) is 89.9 Å². The van der Waals surface area contributed by atoms with Crippen molar-refractivity contribution in [2.24, 2.45) is 0 Å². The lowest BCUT2D eigenvalue weighted by atomic mass is 10.1. The van der Waals surface area contributed by atoms with Crippen LogP contribution < -0.4 is 14.8 Å². The number of fused-ring (bicyclic) bond motifs is 1. The Morgan fingerprint density at radius 3 is 2.37 bits per heavy atom. The Labute approximate surface area is 260 Å². The fourth-order valence-electron chi connectivity index (χ4n) is 4.60. The van der Waals surface area contributed by atoms with Gasteiger partial charge >= 0.3 is 12.5 Å². The molecule has 0 aliphatic rings. The number of hydrogen-bond acceptors (Lipinski definition) is 7. The molecule has 0 saturated heterocycles. The summed E-state index contributed by atoms with van der Waals surface area (Å²) in [7, 11) is 0. The molecule has 0 radical (unpaired) electrons. The second-order valence-electron chi connectivity index (χ2n) is 11.1. The first-order valence-electron chi connectivity index (χ1n) is 13.9. The summed E-state index contributed by atoms with van der Waals surface area (Å²) in [5.74, 6) is -2.42. The van der Waals surface area contributed by atoms with Gasteiger partial charge < -0.3 is 18.8 Å². The minimum atomic E-state index is -3.50. The van der Waals surface area contributed by atoms with Crippen molar-refractivity contribution < 1.29 is 41.0 Å². The molecular weight excluding hydrogens is 613 g/mol. The van der Waals surface area contributed by atoms with Crippen LogP contribution in [0.25, 0.3) is 28.1 Å². The SMILES string of the molecule is Cc1c(-c2ncc(NC(=O)OC(C)(C)C)cc2F)n(-c2ccc(OCc3ccccc3)c(F)c2)c2c(OC(F)C(F)F)ncnc12. The summed E-state index contributed by atoms with van der Waals surface area (Å²) in [6.45, 7) is 6.59. The first-order valence-corrected chi connectivity index (χ1v) is 13.9. The van der Waals surface area contributed by atoms with Crippen LogP contribution in [0.4, 0.5) is 32.4 Å². The van der Waals surface area contributed by atoms with Gasteiger partial charge in [-0.2, -0.15) is 9.37 Å². The van der Waals surface area contributed by atoms with E-state index in [9.17, 15) is 18.0 Å². The average molecular weight is 642 g/mol. The van der Waals surface area contributed by atoms with Crippen LogP contribution in [0.15, 0.2) is 67.1 Å². The number of anilines is 1. The van der Waals surface area contributed by atoms with Crippen LogP contribution in [0, 0.1) is 18.6 Å². The maximum Gasteiger partial charge on any atom is 0.412 e. The third kappa shape index (κ3) is 7.00. The Morgan fingerprint density at radius 1 is 0.978 bits per heavy atom. The highest BCUT2D eigenvalue weighted by atomic mass is 19.3. The van der Waals surface area contributed by atoms with Crippen molar-refractivity contribution >= 4 is 22.8 Å². The number of rotatable bonds is 9. The molecule has 3 aromatic heterocycles. The minimum absolute atomic E-state index is 0.00600. The second-order valence-corrected chi connectivity index (χ2v) is 11.1. The Bertz CT molecular complexity index is 1880. The summed E-state index contributed by atoms with van der Waals surface area (Å²) in [5.41, 5.74) is -0.0853. The number of nitrogens with one attached hydrogen (secondary N) is 1. The van der Waals surface area contributed by atoms with Gasteiger partial charge in [-0.3, -0.25) is 5.32 Å². The smallest absolute Gasteiger partial charge is 0.412 e. The van der Waals surface area contributed by atoms with Crippen molar-refractivity contribution in [1.82, 2.24) is 19.5 Å². The third-order valence-corrected chi connectivity index (χ3v) is 6.49. The zero-order chi connectivity index (χ0) is 33.2. The van der Waals surface area contributed by atoms with E-state index in [1.165, 1.54) is 29.8 Å². The number of nitrogens with zero attached hydrogens (tertiary/aromatic N) is 4. The normalized spacial score (nSPS) is 12.3. The highest BCUT2D eigenvalue weighted by molar-refractivity contribution is 5.93. The van der Waals surface area contributed by atoms with Crippen molar-refractivity contribution in [2.45, 2.75) is 52.7 Å². The van der Waals surface area contributed by atoms with Gasteiger partial charge in [-0.25, -0.2) is 32.3 Å². The van der Waals surface area contributed by atoms with Crippen LogP contribution in [0.2, 0.25) is 0 Å². The first-order chi connectivity index (χ1) is 21.8. The van der Waals surface area contributed by atoms with Gasteiger partial charge in [0.25, 0.3) is 6.36 Å². The van der Waals surface area contributed by atoms with Crippen LogP contribution in [0.5, 0.6) is 11.6 Å². The Balaban J connectivity index is 1.62. The van der Waals surface area contributed by atoms with E-state index in [1.807, 2.05) is 30.3 Å². The van der Waals surface area contributed by atoms with Gasteiger partial charge in [-0.1, -0.05) is 30.3 Å². The number of hydrogen-bond donors (Lipinski definition) is 1. The van der Waals surface area contributed by atoms with Crippen LogP contribution >= 0.6 is 0 Å². The molecule has 1 atom stereocenters. The number of amides is 1. The summed E-state index contributed by atoms with van der Waals surface area (Å²) in [6.07, 6.45) is -5.26. The fraction of sp³-hybridized carbons (Fsp3) is 0.250. The molecule has 0 bridgehead atoms. The summed E-state index contributed by atoms with van der Waals surface area (Å²) in [5, 5.41) is 2.40. The highest BCUT2D eigenvalue weighted by Gasteiger charge is 2.29. The maximum atomic E-state index is 15.8. The molecular formula is C32H28F5N5O4. The maximum absolute atomic E-state index is 15.8. The van der Waals surface area contributed by atoms with Gasteiger partial charge in [0.2, 0.25) is 5.88 Å². The molecule has 0 saturated carbocycles. The van der Waals surface area contributed by atoms with Gasteiger partial charge in [0.05, 0.1) is 23.1 Å². The summed E-state index contributed by atoms with van der Waals surface area (Å²) < 4.78 is 88.5. The Hall–Kier alpha value is -5.27. The number of benzene rings is 2. The van der Waals surface area contributed by atoms with Gasteiger partial charge in [0.1, 0.15) is 29.7 Å². The molecule has 5 aromatic rings. The van der Waals surface area contributed by atoms with Crippen LogP contribution in [-0.4, -0.2) is 44.0 Å². The first kappa shape index (κ1) is 32.1. The van der Waals surface area contributed by atoms with Gasteiger partial charge in [-0.05, 0) is 45.4 Å². The van der Waals surface area contributed by atoms with Crippen LogP contribution in [0.1, 0.15) is 31.9 Å². The van der Waals surface area contributed by atoms with Gasteiger partial charge in [0.15, 0.2) is 17.4 Å². The lowest BCUT2D eigenvalue weighted by Gasteiger charge is -2.19. The number of halogens is 5. The standard InChI is InChI=1S/C32H28F5N5O4/c1-17-24-27(30(40-16-39-24)45-29(37)28(35)36)42(20-10-11-23(21(33)13-20)44-15-18-8-6-5-7-9-18)26(17)25-22(34)12-19(14-38-25)41-31(43)46-32(2,3)4/h5-14,16,28-29H,15H2,1-4H3,(H,41,43). The summed E-state index contributed by atoms with van der Waals surface area (Å²) in [4.78, 5) is 24.4. The molecule has 0 aliphatic heterocycles. The predicted molar refractivity (Wildman–Crippen MR) is 159 cm³/mol. The fourth-order valence-corrected chi connectivity index (χ4v) is 4.60. The molecule has 14 heteroatoms. The number of pyridine rings is 1. The minimum Gasteiger partial charge on any atom is -0.486 e. The molecule has 240 valence electrons. The number of ether oxygens (including phenoxy) is 3. The third-order valence-electron chi connectivity index (χ3n) is 6.49. The van der Waals surface area contributed by atoms with Crippen LogP contribution in [0.3, 0.4) is 0 Å². The molecule has 2 aromatic carbocycles. The number of carbonyl (C=O) groups excluding carboxylic acids is 1. The van der Waals surface area contributed by atoms with E-state index >= 15 is 8.78 Å². The molecule has 1 amide bonds. The molecule has 0 spiro atoms. The second kappa shape index (κ2) is 13.0.